The van der Waals surface area contributed by atoms with Gasteiger partial charge in [0.25, 0.3) is 5.91 Å². The van der Waals surface area contributed by atoms with Gasteiger partial charge in [-0.25, -0.2) is 14.8 Å². The van der Waals surface area contributed by atoms with Gasteiger partial charge in [0.05, 0.1) is 19.8 Å². The molecular formula is C11H15N3O4S. The first-order valence-electron chi connectivity index (χ1n) is 5.97. The molecule has 0 bridgehead atoms. The van der Waals surface area contributed by atoms with E-state index in [9.17, 15) is 9.59 Å². The fourth-order valence-corrected chi connectivity index (χ4v) is 2.23. The van der Waals surface area contributed by atoms with E-state index in [0.29, 0.717) is 26.3 Å². The molecule has 2 heterocycles. The van der Waals surface area contributed by atoms with Gasteiger partial charge in [-0.05, 0) is 6.92 Å². The molecule has 0 spiro atoms. The number of hydrogen-bond donors (Lipinski definition) is 1. The average molecular weight is 285 g/mol. The van der Waals surface area contributed by atoms with Crippen LogP contribution in [-0.2, 0) is 9.47 Å². The molecule has 0 unspecified atom stereocenters. The molecule has 0 aliphatic carbocycles. The van der Waals surface area contributed by atoms with Crippen molar-refractivity contribution in [2.24, 2.45) is 0 Å². The van der Waals surface area contributed by atoms with Crippen molar-refractivity contribution >= 4 is 23.2 Å². The van der Waals surface area contributed by atoms with Gasteiger partial charge in [-0.3, -0.25) is 10.2 Å². The topological polar surface area (TPSA) is 80.8 Å². The Hall–Kier alpha value is -1.51. The fraction of sp³-hybridized carbons (Fsp3) is 0.545. The molecule has 104 valence electrons. The Balaban J connectivity index is 1.93. The van der Waals surface area contributed by atoms with E-state index in [2.05, 4.69) is 10.4 Å². The number of rotatable bonds is 4. The van der Waals surface area contributed by atoms with Crippen LogP contribution in [0.3, 0.4) is 0 Å². The maximum atomic E-state index is 11.9. The van der Waals surface area contributed by atoms with Crippen molar-refractivity contribution in [2.45, 2.75) is 6.92 Å². The van der Waals surface area contributed by atoms with Crippen molar-refractivity contribution in [3.05, 3.63) is 16.1 Å². The molecule has 1 saturated heterocycles. The lowest BCUT2D eigenvalue weighted by Crippen LogP contribution is -2.48. The summed E-state index contributed by atoms with van der Waals surface area (Å²) >= 11 is 1.10. The Bertz CT molecular complexity index is 457. The number of aromatic nitrogens is 1. The number of carbonyl (C=O) groups excluding carboxylic acids is 2. The van der Waals surface area contributed by atoms with E-state index in [0.717, 1.165) is 11.3 Å². The first-order valence-corrected chi connectivity index (χ1v) is 6.85. The molecule has 8 heteroatoms. The summed E-state index contributed by atoms with van der Waals surface area (Å²) in [5.74, 6) is -0.827. The third kappa shape index (κ3) is 3.72. The highest BCUT2D eigenvalue weighted by atomic mass is 32.1. The van der Waals surface area contributed by atoms with Crippen molar-refractivity contribution in [1.29, 1.82) is 0 Å². The summed E-state index contributed by atoms with van der Waals surface area (Å²) in [5, 5.41) is 3.51. The van der Waals surface area contributed by atoms with Gasteiger partial charge in [-0.1, -0.05) is 0 Å². The number of nitrogens with one attached hydrogen (secondary N) is 1. The first kappa shape index (κ1) is 13.9. The number of amides is 1. The third-order valence-electron chi connectivity index (χ3n) is 2.46. The molecule has 1 aromatic heterocycles. The number of morpholine rings is 1. The van der Waals surface area contributed by atoms with E-state index in [1.165, 1.54) is 0 Å². The summed E-state index contributed by atoms with van der Waals surface area (Å²) in [4.78, 5) is 27.3. The second kappa shape index (κ2) is 6.60. The third-order valence-corrected chi connectivity index (χ3v) is 3.28. The number of nitrogens with zero attached hydrogens (tertiary/aromatic N) is 2. The predicted octanol–water partition coefficient (Wildman–Crippen LogP) is 0.297. The molecule has 1 N–H and O–H groups in total. The summed E-state index contributed by atoms with van der Waals surface area (Å²) in [6.45, 7) is 4.46. The van der Waals surface area contributed by atoms with Crippen molar-refractivity contribution in [1.82, 2.24) is 15.4 Å². The molecule has 1 aliphatic rings. The van der Waals surface area contributed by atoms with Crippen LogP contribution >= 0.6 is 11.3 Å². The van der Waals surface area contributed by atoms with Crippen molar-refractivity contribution < 1.29 is 19.1 Å². The van der Waals surface area contributed by atoms with Crippen LogP contribution in [0.5, 0.6) is 0 Å². The van der Waals surface area contributed by atoms with E-state index in [-0.39, 0.29) is 23.2 Å². The zero-order valence-electron chi connectivity index (χ0n) is 10.5. The van der Waals surface area contributed by atoms with Crippen LogP contribution in [-0.4, -0.2) is 54.8 Å². The zero-order valence-corrected chi connectivity index (χ0v) is 11.4. The standard InChI is InChI=1S/C11H15N3O4S/c1-2-18-11(16)10-12-8(7-19-10)9(15)13-14-3-5-17-6-4-14/h7H,2-6H2,1H3,(H,13,15). The highest BCUT2D eigenvalue weighted by Gasteiger charge is 2.19. The molecule has 0 aromatic carbocycles. The minimum absolute atomic E-state index is 0.189. The number of hydrazine groups is 1. The van der Waals surface area contributed by atoms with Crippen LogP contribution in [0.4, 0.5) is 0 Å². The second-order valence-electron chi connectivity index (χ2n) is 3.80. The number of carbonyl (C=O) groups is 2. The minimum Gasteiger partial charge on any atom is -0.461 e. The number of esters is 1. The van der Waals surface area contributed by atoms with Crippen LogP contribution in [0.15, 0.2) is 5.38 Å². The van der Waals surface area contributed by atoms with Gasteiger partial charge in [0.2, 0.25) is 5.01 Å². The zero-order chi connectivity index (χ0) is 13.7. The van der Waals surface area contributed by atoms with Crippen LogP contribution in [0.25, 0.3) is 0 Å². The van der Waals surface area contributed by atoms with E-state index < -0.39 is 5.97 Å². The summed E-state index contributed by atoms with van der Waals surface area (Å²) in [5.41, 5.74) is 2.95. The Morgan fingerprint density at radius 2 is 2.26 bits per heavy atom. The summed E-state index contributed by atoms with van der Waals surface area (Å²) < 4.78 is 10.0. The van der Waals surface area contributed by atoms with Crippen molar-refractivity contribution in [3.63, 3.8) is 0 Å². The molecule has 0 saturated carbocycles. The van der Waals surface area contributed by atoms with E-state index >= 15 is 0 Å². The quantitative estimate of drug-likeness (QED) is 0.801. The Morgan fingerprint density at radius 3 is 2.95 bits per heavy atom. The molecule has 7 nitrogen and oxygen atoms in total. The Morgan fingerprint density at radius 1 is 1.53 bits per heavy atom. The summed E-state index contributed by atoms with van der Waals surface area (Å²) in [7, 11) is 0. The van der Waals surface area contributed by atoms with Crippen molar-refractivity contribution in [3.8, 4) is 0 Å². The molecule has 1 aromatic rings. The highest BCUT2D eigenvalue weighted by molar-refractivity contribution is 7.11. The Labute approximate surface area is 114 Å². The van der Waals surface area contributed by atoms with Gasteiger partial charge in [0, 0.05) is 18.5 Å². The molecule has 19 heavy (non-hydrogen) atoms. The SMILES string of the molecule is CCOC(=O)c1nc(C(=O)NN2CCOCC2)cs1. The maximum Gasteiger partial charge on any atom is 0.367 e. The average Bonchev–Trinajstić information content (AvgIpc) is 2.90. The van der Waals surface area contributed by atoms with Gasteiger partial charge in [0.15, 0.2) is 0 Å². The van der Waals surface area contributed by atoms with Gasteiger partial charge in [-0.15, -0.1) is 11.3 Å². The van der Waals surface area contributed by atoms with E-state index in [1.807, 2.05) is 0 Å². The van der Waals surface area contributed by atoms with Gasteiger partial charge >= 0.3 is 5.97 Å². The molecular weight excluding hydrogens is 270 g/mol. The smallest absolute Gasteiger partial charge is 0.367 e. The van der Waals surface area contributed by atoms with Gasteiger partial charge in [-0.2, -0.15) is 0 Å². The lowest BCUT2D eigenvalue weighted by molar-refractivity contribution is 0.0125. The maximum absolute atomic E-state index is 11.9. The lowest BCUT2D eigenvalue weighted by atomic mass is 10.4. The first-order chi connectivity index (χ1) is 9.20. The number of hydrogen-bond acceptors (Lipinski definition) is 7. The number of thiazole rings is 1. The number of ether oxygens (including phenoxy) is 2. The largest absolute Gasteiger partial charge is 0.461 e. The van der Waals surface area contributed by atoms with Crippen LogP contribution < -0.4 is 5.43 Å². The van der Waals surface area contributed by atoms with E-state index in [1.54, 1.807) is 17.3 Å². The predicted molar refractivity (Wildman–Crippen MR) is 67.9 cm³/mol. The van der Waals surface area contributed by atoms with Crippen LogP contribution in [0.1, 0.15) is 27.2 Å². The minimum atomic E-state index is -0.502. The monoisotopic (exact) mass is 285 g/mol. The summed E-state index contributed by atoms with van der Waals surface area (Å²) in [6.07, 6.45) is 0. The van der Waals surface area contributed by atoms with Crippen LogP contribution in [0, 0.1) is 0 Å². The van der Waals surface area contributed by atoms with Crippen LogP contribution in [0.2, 0.25) is 0 Å². The fourth-order valence-electron chi connectivity index (χ4n) is 1.54. The molecule has 1 aliphatic heterocycles. The van der Waals surface area contributed by atoms with Gasteiger partial charge in [0.1, 0.15) is 5.69 Å². The van der Waals surface area contributed by atoms with Crippen molar-refractivity contribution in [2.75, 3.05) is 32.9 Å². The normalized spacial score (nSPS) is 16.1. The Kier molecular flexibility index (Phi) is 4.83. The molecule has 0 radical (unpaired) electrons. The van der Waals surface area contributed by atoms with Gasteiger partial charge < -0.3 is 9.47 Å². The lowest BCUT2D eigenvalue weighted by Gasteiger charge is -2.26. The molecule has 1 fully saturated rings. The second-order valence-corrected chi connectivity index (χ2v) is 4.66. The molecule has 1 amide bonds. The van der Waals surface area contributed by atoms with E-state index in [4.69, 9.17) is 9.47 Å². The highest BCUT2D eigenvalue weighted by Crippen LogP contribution is 2.11. The molecule has 0 atom stereocenters. The molecule has 2 rings (SSSR count). The summed E-state index contributed by atoms with van der Waals surface area (Å²) in [6, 6.07) is 0.